The highest BCUT2D eigenvalue weighted by Crippen LogP contribution is 2.44. The third-order valence-corrected chi connectivity index (χ3v) is 3.98. The molecule has 2 aromatic rings. The molecule has 0 saturated heterocycles. The predicted octanol–water partition coefficient (Wildman–Crippen LogP) is 3.43. The molecular formula is C16H20N2. The molecule has 1 fully saturated rings. The van der Waals surface area contributed by atoms with Crippen molar-refractivity contribution in [2.75, 3.05) is 0 Å². The second-order valence-corrected chi connectivity index (χ2v) is 6.07. The van der Waals surface area contributed by atoms with Gasteiger partial charge < -0.3 is 5.32 Å². The molecule has 1 saturated carbocycles. The second-order valence-electron chi connectivity index (χ2n) is 6.07. The minimum absolute atomic E-state index is 0.484. The first-order valence-electron chi connectivity index (χ1n) is 6.65. The number of hydrogen-bond acceptors (Lipinski definition) is 2. The van der Waals surface area contributed by atoms with E-state index >= 15 is 0 Å². The molecule has 1 aliphatic carbocycles. The van der Waals surface area contributed by atoms with E-state index in [2.05, 4.69) is 61.4 Å². The van der Waals surface area contributed by atoms with Crippen LogP contribution in [0.5, 0.6) is 0 Å². The van der Waals surface area contributed by atoms with Gasteiger partial charge in [0.1, 0.15) is 0 Å². The van der Waals surface area contributed by atoms with Crippen molar-refractivity contribution in [3.63, 3.8) is 0 Å². The van der Waals surface area contributed by atoms with E-state index in [4.69, 9.17) is 0 Å². The number of fused-ring (bicyclic) bond motifs is 1. The number of benzene rings is 1. The highest BCUT2D eigenvalue weighted by molar-refractivity contribution is 5.82. The van der Waals surface area contributed by atoms with E-state index in [-0.39, 0.29) is 0 Å². The fraction of sp³-hybridized carbons (Fsp3) is 0.438. The Labute approximate surface area is 108 Å². The summed E-state index contributed by atoms with van der Waals surface area (Å²) in [5.41, 5.74) is 4.04. The fourth-order valence-corrected chi connectivity index (χ4v) is 2.59. The van der Waals surface area contributed by atoms with Gasteiger partial charge in [0.25, 0.3) is 0 Å². The van der Waals surface area contributed by atoms with Crippen molar-refractivity contribution in [3.05, 3.63) is 41.6 Å². The van der Waals surface area contributed by atoms with Crippen molar-refractivity contribution in [2.45, 2.75) is 39.8 Å². The van der Waals surface area contributed by atoms with Crippen molar-refractivity contribution in [1.82, 2.24) is 10.3 Å². The number of aryl methyl sites for hydroxylation is 1. The summed E-state index contributed by atoms with van der Waals surface area (Å²) >= 11 is 0. The van der Waals surface area contributed by atoms with Crippen LogP contribution >= 0.6 is 0 Å². The minimum Gasteiger partial charge on any atom is -0.309 e. The zero-order chi connectivity index (χ0) is 12.8. The van der Waals surface area contributed by atoms with Crippen LogP contribution in [-0.4, -0.2) is 11.0 Å². The van der Waals surface area contributed by atoms with Gasteiger partial charge in [0.15, 0.2) is 0 Å². The Kier molecular flexibility index (Phi) is 2.63. The highest BCUT2D eigenvalue weighted by atomic mass is 15.0. The molecule has 0 spiro atoms. The van der Waals surface area contributed by atoms with Crippen molar-refractivity contribution < 1.29 is 0 Å². The van der Waals surface area contributed by atoms with E-state index in [1.165, 1.54) is 17.4 Å². The van der Waals surface area contributed by atoms with Gasteiger partial charge in [-0.25, -0.2) is 0 Å². The molecule has 0 aliphatic heterocycles. The van der Waals surface area contributed by atoms with Crippen LogP contribution in [0.4, 0.5) is 0 Å². The number of rotatable bonds is 3. The minimum atomic E-state index is 0.484. The molecule has 0 bridgehead atoms. The Morgan fingerprint density at radius 1 is 1.33 bits per heavy atom. The first-order chi connectivity index (χ1) is 8.56. The number of hydrogen-bond donors (Lipinski definition) is 1. The summed E-state index contributed by atoms with van der Waals surface area (Å²) in [6.07, 6.45) is 1.29. The van der Waals surface area contributed by atoms with Gasteiger partial charge in [-0.2, -0.15) is 0 Å². The van der Waals surface area contributed by atoms with Crippen molar-refractivity contribution in [2.24, 2.45) is 5.41 Å². The number of pyridine rings is 1. The molecule has 1 heterocycles. The first-order valence-corrected chi connectivity index (χ1v) is 6.65. The number of aromatic nitrogens is 1. The summed E-state index contributed by atoms with van der Waals surface area (Å²) in [6, 6.07) is 11.3. The first kappa shape index (κ1) is 11.7. The van der Waals surface area contributed by atoms with Crippen molar-refractivity contribution >= 4 is 10.9 Å². The molecule has 94 valence electrons. The Hall–Kier alpha value is -1.41. The maximum absolute atomic E-state index is 4.58. The van der Waals surface area contributed by atoms with Crippen LogP contribution in [0.2, 0.25) is 0 Å². The second kappa shape index (κ2) is 4.06. The molecule has 1 N–H and O–H groups in total. The summed E-state index contributed by atoms with van der Waals surface area (Å²) in [4.78, 5) is 4.58. The lowest BCUT2D eigenvalue weighted by Crippen LogP contribution is -2.20. The van der Waals surface area contributed by atoms with Crippen LogP contribution < -0.4 is 5.32 Å². The molecule has 2 heteroatoms. The van der Waals surface area contributed by atoms with Gasteiger partial charge in [-0.3, -0.25) is 4.98 Å². The van der Waals surface area contributed by atoms with E-state index < -0.39 is 0 Å². The van der Waals surface area contributed by atoms with E-state index in [1.807, 2.05) is 0 Å². The molecule has 0 amide bonds. The van der Waals surface area contributed by atoms with Gasteiger partial charge >= 0.3 is 0 Å². The molecule has 18 heavy (non-hydrogen) atoms. The smallest absolute Gasteiger partial charge is 0.0708 e. The summed E-state index contributed by atoms with van der Waals surface area (Å²) < 4.78 is 0. The van der Waals surface area contributed by atoms with E-state index in [1.54, 1.807) is 0 Å². The van der Waals surface area contributed by atoms with Crippen molar-refractivity contribution in [3.8, 4) is 0 Å². The summed E-state index contributed by atoms with van der Waals surface area (Å²) in [5, 5.41) is 4.93. The fourth-order valence-electron chi connectivity index (χ4n) is 2.59. The Balaban J connectivity index is 1.87. The van der Waals surface area contributed by atoms with Gasteiger partial charge in [-0.1, -0.05) is 32.0 Å². The van der Waals surface area contributed by atoms with Crippen molar-refractivity contribution in [1.29, 1.82) is 0 Å². The maximum atomic E-state index is 4.58. The van der Waals surface area contributed by atoms with E-state index in [0.717, 1.165) is 17.8 Å². The van der Waals surface area contributed by atoms with E-state index in [9.17, 15) is 0 Å². The lowest BCUT2D eigenvalue weighted by molar-refractivity contribution is 0.543. The standard InChI is InChI=1S/C16H20N2/c1-11-8-12(10-17-15-9-16(15,2)3)13-6-4-5-7-14(13)18-11/h4-8,15,17H,9-10H2,1-3H3. The summed E-state index contributed by atoms with van der Waals surface area (Å²) in [5.74, 6) is 0. The molecule has 2 nitrogen and oxygen atoms in total. The van der Waals surface area contributed by atoms with Crippen LogP contribution in [0.3, 0.4) is 0 Å². The average molecular weight is 240 g/mol. The summed E-state index contributed by atoms with van der Waals surface area (Å²) in [7, 11) is 0. The molecule has 1 atom stereocenters. The lowest BCUT2D eigenvalue weighted by Gasteiger charge is -2.10. The largest absolute Gasteiger partial charge is 0.309 e. The number of nitrogens with one attached hydrogen (secondary N) is 1. The lowest BCUT2D eigenvalue weighted by atomic mass is 10.1. The quantitative estimate of drug-likeness (QED) is 0.889. The molecular weight excluding hydrogens is 220 g/mol. The van der Waals surface area contributed by atoms with Gasteiger partial charge in [0.2, 0.25) is 0 Å². The maximum Gasteiger partial charge on any atom is 0.0708 e. The zero-order valence-corrected chi connectivity index (χ0v) is 11.3. The van der Waals surface area contributed by atoms with Gasteiger partial charge in [-0.15, -0.1) is 0 Å². The van der Waals surface area contributed by atoms with E-state index in [0.29, 0.717) is 11.5 Å². The molecule has 0 radical (unpaired) electrons. The SMILES string of the molecule is Cc1cc(CNC2CC2(C)C)c2ccccc2n1. The van der Waals surface area contributed by atoms with Gasteiger partial charge in [0, 0.05) is 23.7 Å². The van der Waals surface area contributed by atoms with Crippen LogP contribution in [0.25, 0.3) is 10.9 Å². The normalized spacial score (nSPS) is 21.2. The number of nitrogens with zero attached hydrogens (tertiary/aromatic N) is 1. The Morgan fingerprint density at radius 3 is 2.78 bits per heavy atom. The molecule has 1 aliphatic rings. The molecule has 3 rings (SSSR count). The van der Waals surface area contributed by atoms with Crippen LogP contribution in [0.15, 0.2) is 30.3 Å². The molecule has 1 unspecified atom stereocenters. The van der Waals surface area contributed by atoms with Crippen LogP contribution in [0, 0.1) is 12.3 Å². The zero-order valence-electron chi connectivity index (χ0n) is 11.3. The average Bonchev–Trinajstić information content (AvgIpc) is 2.94. The van der Waals surface area contributed by atoms with Crippen LogP contribution in [-0.2, 0) is 6.54 Å². The predicted molar refractivity (Wildman–Crippen MR) is 75.5 cm³/mol. The summed E-state index contributed by atoms with van der Waals surface area (Å²) in [6.45, 7) is 7.65. The Bertz CT molecular complexity index is 587. The van der Waals surface area contributed by atoms with Crippen LogP contribution in [0.1, 0.15) is 31.5 Å². The number of para-hydroxylation sites is 1. The topological polar surface area (TPSA) is 24.9 Å². The van der Waals surface area contributed by atoms with Gasteiger partial charge in [-0.05, 0) is 36.5 Å². The third kappa shape index (κ3) is 2.13. The Morgan fingerprint density at radius 2 is 2.06 bits per heavy atom. The highest BCUT2D eigenvalue weighted by Gasteiger charge is 2.44. The monoisotopic (exact) mass is 240 g/mol. The third-order valence-electron chi connectivity index (χ3n) is 3.98. The van der Waals surface area contributed by atoms with Gasteiger partial charge in [0.05, 0.1) is 5.52 Å². The molecule has 1 aromatic heterocycles. The molecule has 1 aromatic carbocycles.